The molecule has 1 aromatic rings. The molecule has 1 heterocycles. The molecule has 1 atom stereocenters. The van der Waals surface area contributed by atoms with Crippen LogP contribution in [0.5, 0.6) is 5.75 Å². The Hall–Kier alpha value is -1.30. The zero-order chi connectivity index (χ0) is 15.8. The van der Waals surface area contributed by atoms with Crippen molar-refractivity contribution in [3.8, 4) is 5.75 Å². The molecule has 0 bridgehead atoms. The van der Waals surface area contributed by atoms with Gasteiger partial charge in [-0.3, -0.25) is 4.79 Å². The number of anilines is 1. The van der Waals surface area contributed by atoms with Crippen LogP contribution in [0.3, 0.4) is 0 Å². The molecule has 122 valence electrons. The van der Waals surface area contributed by atoms with Crippen molar-refractivity contribution in [3.63, 3.8) is 0 Å². The molecule has 1 aromatic carbocycles. The molecule has 1 saturated heterocycles. The molecule has 0 saturated carbocycles. The predicted octanol–water partition coefficient (Wildman–Crippen LogP) is 2.69. The van der Waals surface area contributed by atoms with E-state index in [1.165, 1.54) is 0 Å². The van der Waals surface area contributed by atoms with Gasteiger partial charge in [-0.25, -0.2) is 0 Å². The van der Waals surface area contributed by atoms with E-state index in [4.69, 9.17) is 21.1 Å². The van der Waals surface area contributed by atoms with Crippen LogP contribution in [0.4, 0.5) is 5.69 Å². The summed E-state index contributed by atoms with van der Waals surface area (Å²) in [4.78, 5) is 12.3. The number of piperidine rings is 1. The van der Waals surface area contributed by atoms with Crippen LogP contribution in [0.2, 0.25) is 5.02 Å². The first kappa shape index (κ1) is 17.1. The highest BCUT2D eigenvalue weighted by Crippen LogP contribution is 2.29. The summed E-state index contributed by atoms with van der Waals surface area (Å²) in [5.41, 5.74) is 0.611. The number of hydrogen-bond acceptors (Lipinski definition) is 4. The van der Waals surface area contributed by atoms with Gasteiger partial charge in [-0.05, 0) is 44.5 Å². The van der Waals surface area contributed by atoms with E-state index in [1.807, 2.05) is 6.92 Å². The third-order valence-electron chi connectivity index (χ3n) is 3.56. The Morgan fingerprint density at radius 2 is 2.32 bits per heavy atom. The van der Waals surface area contributed by atoms with Crippen molar-refractivity contribution in [1.29, 1.82) is 0 Å². The smallest absolute Gasteiger partial charge is 0.228 e. The first-order valence-electron chi connectivity index (χ1n) is 7.72. The van der Waals surface area contributed by atoms with Gasteiger partial charge in [0.15, 0.2) is 0 Å². The lowest BCUT2D eigenvalue weighted by Crippen LogP contribution is -2.37. The number of carbonyl (C=O) groups is 1. The first-order chi connectivity index (χ1) is 10.7. The van der Waals surface area contributed by atoms with E-state index in [9.17, 15) is 4.79 Å². The second-order valence-corrected chi connectivity index (χ2v) is 5.65. The molecule has 2 rings (SSSR count). The normalized spacial score (nSPS) is 18.0. The van der Waals surface area contributed by atoms with E-state index in [1.54, 1.807) is 18.2 Å². The molecular formula is C16H23ClN2O3. The maximum Gasteiger partial charge on any atom is 0.228 e. The highest BCUT2D eigenvalue weighted by Gasteiger charge is 2.22. The van der Waals surface area contributed by atoms with Crippen LogP contribution in [0.15, 0.2) is 18.2 Å². The first-order valence-corrected chi connectivity index (χ1v) is 8.10. The summed E-state index contributed by atoms with van der Waals surface area (Å²) in [7, 11) is 0. The highest BCUT2D eigenvalue weighted by atomic mass is 35.5. The fourth-order valence-electron chi connectivity index (χ4n) is 2.39. The van der Waals surface area contributed by atoms with Crippen molar-refractivity contribution < 1.29 is 14.3 Å². The van der Waals surface area contributed by atoms with Gasteiger partial charge in [0, 0.05) is 18.2 Å². The van der Waals surface area contributed by atoms with Crippen LogP contribution in [0.1, 0.15) is 19.8 Å². The molecular weight excluding hydrogens is 304 g/mol. The minimum atomic E-state index is -0.0102. The second-order valence-electron chi connectivity index (χ2n) is 5.22. The summed E-state index contributed by atoms with van der Waals surface area (Å²) in [6.07, 6.45) is 1.92. The lowest BCUT2D eigenvalue weighted by molar-refractivity contribution is -0.120. The van der Waals surface area contributed by atoms with Crippen molar-refractivity contribution in [1.82, 2.24) is 5.32 Å². The van der Waals surface area contributed by atoms with Crippen molar-refractivity contribution in [2.75, 3.05) is 38.2 Å². The van der Waals surface area contributed by atoms with Gasteiger partial charge in [-0.15, -0.1) is 0 Å². The van der Waals surface area contributed by atoms with E-state index < -0.39 is 0 Å². The Bertz CT molecular complexity index is 490. The fraction of sp³-hybridized carbons (Fsp3) is 0.562. The summed E-state index contributed by atoms with van der Waals surface area (Å²) < 4.78 is 10.9. The molecule has 1 fully saturated rings. The van der Waals surface area contributed by atoms with E-state index in [2.05, 4.69) is 10.6 Å². The third kappa shape index (κ3) is 5.16. The molecule has 0 radical (unpaired) electrons. The summed E-state index contributed by atoms with van der Waals surface area (Å²) >= 11 is 6.03. The number of rotatable bonds is 7. The average Bonchev–Trinajstić information content (AvgIpc) is 2.54. The number of nitrogens with one attached hydrogen (secondary N) is 2. The van der Waals surface area contributed by atoms with Gasteiger partial charge >= 0.3 is 0 Å². The SMILES string of the molecule is CCOCCOc1ccc(Cl)cc1NC(=O)C1CCCNC1. The van der Waals surface area contributed by atoms with Gasteiger partial charge in [0.05, 0.1) is 18.2 Å². The number of halogens is 1. The molecule has 1 unspecified atom stereocenters. The Balaban J connectivity index is 1.98. The Morgan fingerprint density at radius 3 is 3.05 bits per heavy atom. The van der Waals surface area contributed by atoms with E-state index in [0.717, 1.165) is 19.4 Å². The molecule has 2 N–H and O–H groups in total. The summed E-state index contributed by atoms with van der Waals surface area (Å²) in [6.45, 7) is 5.23. The van der Waals surface area contributed by atoms with Gasteiger partial charge in [-0.2, -0.15) is 0 Å². The Kier molecular flexibility index (Phi) is 6.96. The van der Waals surface area contributed by atoms with E-state index >= 15 is 0 Å². The van der Waals surface area contributed by atoms with Gasteiger partial charge < -0.3 is 20.1 Å². The van der Waals surface area contributed by atoms with Crippen LogP contribution in [-0.2, 0) is 9.53 Å². The maximum atomic E-state index is 12.3. The third-order valence-corrected chi connectivity index (χ3v) is 3.79. The molecule has 0 spiro atoms. The van der Waals surface area contributed by atoms with Gasteiger partial charge in [0.2, 0.25) is 5.91 Å². The quantitative estimate of drug-likeness (QED) is 0.756. The van der Waals surface area contributed by atoms with Crippen LogP contribution >= 0.6 is 11.6 Å². The molecule has 1 aliphatic rings. The van der Waals surface area contributed by atoms with E-state index in [0.29, 0.717) is 42.8 Å². The lowest BCUT2D eigenvalue weighted by Gasteiger charge is -2.22. The number of hydrogen-bond donors (Lipinski definition) is 2. The largest absolute Gasteiger partial charge is 0.489 e. The van der Waals surface area contributed by atoms with E-state index in [-0.39, 0.29) is 11.8 Å². The zero-order valence-corrected chi connectivity index (χ0v) is 13.6. The minimum absolute atomic E-state index is 0.00382. The number of ether oxygens (including phenoxy) is 2. The zero-order valence-electron chi connectivity index (χ0n) is 12.9. The van der Waals surface area contributed by atoms with Crippen LogP contribution < -0.4 is 15.4 Å². The van der Waals surface area contributed by atoms with Gasteiger partial charge in [0.25, 0.3) is 0 Å². The molecule has 0 aliphatic carbocycles. The van der Waals surface area contributed by atoms with Crippen molar-refractivity contribution in [2.24, 2.45) is 5.92 Å². The Labute approximate surface area is 136 Å². The lowest BCUT2D eigenvalue weighted by atomic mass is 9.99. The summed E-state index contributed by atoms with van der Waals surface area (Å²) in [5, 5.41) is 6.74. The molecule has 0 aromatic heterocycles. The fourth-order valence-corrected chi connectivity index (χ4v) is 2.56. The van der Waals surface area contributed by atoms with Gasteiger partial charge in [0.1, 0.15) is 12.4 Å². The van der Waals surface area contributed by atoms with Crippen molar-refractivity contribution in [3.05, 3.63) is 23.2 Å². The average molecular weight is 327 g/mol. The number of amides is 1. The van der Waals surface area contributed by atoms with Crippen LogP contribution in [-0.4, -0.2) is 38.8 Å². The molecule has 1 aliphatic heterocycles. The topological polar surface area (TPSA) is 59.6 Å². The van der Waals surface area contributed by atoms with Crippen LogP contribution in [0, 0.1) is 5.92 Å². The minimum Gasteiger partial charge on any atom is -0.489 e. The highest BCUT2D eigenvalue weighted by molar-refractivity contribution is 6.31. The molecule has 1 amide bonds. The van der Waals surface area contributed by atoms with Crippen LogP contribution in [0.25, 0.3) is 0 Å². The summed E-state index contributed by atoms with van der Waals surface area (Å²) in [6, 6.07) is 5.23. The monoisotopic (exact) mass is 326 g/mol. The van der Waals surface area contributed by atoms with Crippen molar-refractivity contribution in [2.45, 2.75) is 19.8 Å². The number of carbonyl (C=O) groups excluding carboxylic acids is 1. The molecule has 5 nitrogen and oxygen atoms in total. The Morgan fingerprint density at radius 1 is 1.45 bits per heavy atom. The van der Waals surface area contributed by atoms with Gasteiger partial charge in [-0.1, -0.05) is 11.6 Å². The number of benzene rings is 1. The molecule has 6 heteroatoms. The summed E-state index contributed by atoms with van der Waals surface area (Å²) in [5.74, 6) is 0.606. The molecule has 22 heavy (non-hydrogen) atoms. The maximum absolute atomic E-state index is 12.3. The predicted molar refractivity (Wildman–Crippen MR) is 87.7 cm³/mol. The van der Waals surface area contributed by atoms with Crippen molar-refractivity contribution >= 4 is 23.2 Å². The standard InChI is InChI=1S/C16H23ClN2O3/c1-2-21-8-9-22-15-6-5-13(17)10-14(15)19-16(20)12-4-3-7-18-11-12/h5-6,10,12,18H,2-4,7-9,11H2,1H3,(H,19,20). The second kappa shape index (κ2) is 8.98.